The zero-order chi connectivity index (χ0) is 20.2. The lowest BCUT2D eigenvalue weighted by molar-refractivity contribution is -0.116. The number of hydrogen-bond donors (Lipinski definition) is 1. The zero-order valence-electron chi connectivity index (χ0n) is 14.7. The number of benzene rings is 1. The Kier molecular flexibility index (Phi) is 5.66. The van der Waals surface area contributed by atoms with Crippen LogP contribution in [0.25, 0.3) is 10.2 Å². The number of hydrogen-bond acceptors (Lipinski definition) is 9. The highest BCUT2D eigenvalue weighted by Crippen LogP contribution is 2.28. The van der Waals surface area contributed by atoms with Gasteiger partial charge in [-0.15, -0.1) is 21.5 Å². The Balaban J connectivity index is 1.35. The number of anilines is 1. The maximum absolute atomic E-state index is 12.3. The fraction of sp³-hybridized carbons (Fsp3) is 0.111. The third kappa shape index (κ3) is 4.51. The highest BCUT2D eigenvalue weighted by Gasteiger charge is 2.12. The highest BCUT2D eigenvalue weighted by molar-refractivity contribution is 8.00. The molecule has 0 unspecified atom stereocenters. The van der Waals surface area contributed by atoms with Crippen LogP contribution in [0.3, 0.4) is 0 Å². The predicted molar refractivity (Wildman–Crippen MR) is 113 cm³/mol. The van der Waals surface area contributed by atoms with E-state index in [0.717, 1.165) is 5.56 Å². The molecule has 11 heteroatoms. The summed E-state index contributed by atoms with van der Waals surface area (Å²) in [7, 11) is 0. The van der Waals surface area contributed by atoms with Crippen molar-refractivity contribution >= 4 is 55.7 Å². The normalized spacial score (nSPS) is 10.7. The molecule has 0 saturated heterocycles. The van der Waals surface area contributed by atoms with Crippen molar-refractivity contribution in [2.75, 3.05) is 5.32 Å². The summed E-state index contributed by atoms with van der Waals surface area (Å²) in [6.07, 6.45) is 1.37. The van der Waals surface area contributed by atoms with Gasteiger partial charge in [-0.25, -0.2) is 4.98 Å². The van der Waals surface area contributed by atoms with E-state index in [1.807, 2.05) is 12.1 Å². The van der Waals surface area contributed by atoms with Crippen LogP contribution in [-0.4, -0.2) is 25.7 Å². The van der Waals surface area contributed by atoms with E-state index in [1.165, 1.54) is 45.3 Å². The standard InChI is InChI=1S/C18H12N6O2S3/c19-7-11-1-3-12(4-2-11)9-28-18-23-22-17(29-18)21-14(25)8-24-10-20-15-13(16(24)26)5-6-27-15/h1-6,10H,8-9H2,(H,21,22,25). The molecule has 0 aliphatic heterocycles. The molecule has 29 heavy (non-hydrogen) atoms. The Morgan fingerprint density at radius 2 is 2.07 bits per heavy atom. The summed E-state index contributed by atoms with van der Waals surface area (Å²) in [6.45, 7) is -0.148. The molecular formula is C18H12N6O2S3. The molecule has 0 fully saturated rings. The van der Waals surface area contributed by atoms with Crippen LogP contribution in [0.5, 0.6) is 0 Å². The Morgan fingerprint density at radius 3 is 2.86 bits per heavy atom. The van der Waals surface area contributed by atoms with E-state index in [9.17, 15) is 9.59 Å². The van der Waals surface area contributed by atoms with Gasteiger partial charge in [-0.05, 0) is 29.1 Å². The van der Waals surface area contributed by atoms with Crippen molar-refractivity contribution in [1.29, 1.82) is 5.26 Å². The van der Waals surface area contributed by atoms with Crippen molar-refractivity contribution in [3.8, 4) is 6.07 Å². The Labute approximate surface area is 176 Å². The van der Waals surface area contributed by atoms with Gasteiger partial charge in [0.1, 0.15) is 11.4 Å². The molecule has 144 valence electrons. The van der Waals surface area contributed by atoms with Gasteiger partial charge >= 0.3 is 0 Å². The summed E-state index contributed by atoms with van der Waals surface area (Å²) in [4.78, 5) is 29.4. The Morgan fingerprint density at radius 1 is 1.24 bits per heavy atom. The van der Waals surface area contributed by atoms with Crippen LogP contribution in [0.15, 0.2) is 51.2 Å². The van der Waals surface area contributed by atoms with E-state index >= 15 is 0 Å². The van der Waals surface area contributed by atoms with E-state index in [0.29, 0.717) is 31.0 Å². The molecule has 3 aromatic heterocycles. The monoisotopic (exact) mass is 440 g/mol. The van der Waals surface area contributed by atoms with Crippen LogP contribution in [0, 0.1) is 11.3 Å². The maximum Gasteiger partial charge on any atom is 0.262 e. The van der Waals surface area contributed by atoms with Crippen molar-refractivity contribution in [2.45, 2.75) is 16.6 Å². The van der Waals surface area contributed by atoms with E-state index in [2.05, 4.69) is 26.6 Å². The molecule has 1 N–H and O–H groups in total. The predicted octanol–water partition coefficient (Wildman–Crippen LogP) is 3.11. The van der Waals surface area contributed by atoms with Crippen LogP contribution in [0.4, 0.5) is 5.13 Å². The maximum atomic E-state index is 12.3. The Bertz CT molecular complexity index is 1270. The average molecular weight is 441 g/mol. The minimum Gasteiger partial charge on any atom is -0.299 e. The van der Waals surface area contributed by atoms with Crippen molar-refractivity contribution < 1.29 is 4.79 Å². The van der Waals surface area contributed by atoms with Crippen LogP contribution in [0.1, 0.15) is 11.1 Å². The number of carbonyl (C=O) groups is 1. The van der Waals surface area contributed by atoms with Gasteiger partial charge in [0.25, 0.3) is 5.56 Å². The molecule has 4 rings (SSSR count). The number of nitrogens with one attached hydrogen (secondary N) is 1. The number of nitriles is 1. The molecule has 0 spiro atoms. The van der Waals surface area contributed by atoms with Gasteiger partial charge in [-0.1, -0.05) is 35.2 Å². The second-order valence-electron chi connectivity index (χ2n) is 5.84. The number of thioether (sulfide) groups is 1. The quantitative estimate of drug-likeness (QED) is 0.362. The zero-order valence-corrected chi connectivity index (χ0v) is 17.2. The lowest BCUT2D eigenvalue weighted by atomic mass is 10.2. The molecular weight excluding hydrogens is 428 g/mol. The number of thiophene rings is 1. The molecule has 0 bridgehead atoms. The summed E-state index contributed by atoms with van der Waals surface area (Å²) in [5.41, 5.74) is 1.43. The van der Waals surface area contributed by atoms with Crippen LogP contribution in [0.2, 0.25) is 0 Å². The molecule has 1 amide bonds. The minimum atomic E-state index is -0.372. The number of rotatable bonds is 6. The van der Waals surface area contributed by atoms with Gasteiger partial charge in [0.15, 0.2) is 4.34 Å². The number of amides is 1. The highest BCUT2D eigenvalue weighted by atomic mass is 32.2. The second kappa shape index (κ2) is 8.52. The number of nitrogens with zero attached hydrogens (tertiary/aromatic N) is 5. The summed E-state index contributed by atoms with van der Waals surface area (Å²) < 4.78 is 1.98. The van der Waals surface area contributed by atoms with Crippen LogP contribution >= 0.6 is 34.4 Å². The van der Waals surface area contributed by atoms with E-state index in [4.69, 9.17) is 5.26 Å². The average Bonchev–Trinajstić information content (AvgIpc) is 3.38. The number of carbonyl (C=O) groups excluding carboxylic acids is 1. The van der Waals surface area contributed by atoms with Gasteiger partial charge in [-0.3, -0.25) is 19.5 Å². The molecule has 8 nitrogen and oxygen atoms in total. The van der Waals surface area contributed by atoms with E-state index in [-0.39, 0.29) is 18.0 Å². The first-order valence-electron chi connectivity index (χ1n) is 8.30. The van der Waals surface area contributed by atoms with Crippen molar-refractivity contribution in [3.05, 3.63) is 63.5 Å². The van der Waals surface area contributed by atoms with Gasteiger partial charge in [0, 0.05) is 5.75 Å². The summed E-state index contributed by atoms with van der Waals surface area (Å²) in [6, 6.07) is 11.1. The lowest BCUT2D eigenvalue weighted by Gasteiger charge is -2.04. The third-order valence-corrected chi connectivity index (χ3v) is 6.73. The van der Waals surface area contributed by atoms with Crippen LogP contribution < -0.4 is 10.9 Å². The number of fused-ring (bicyclic) bond motifs is 1. The minimum absolute atomic E-state index is 0.148. The first-order chi connectivity index (χ1) is 14.1. The van der Waals surface area contributed by atoms with Gasteiger partial charge in [0.05, 0.1) is 23.3 Å². The molecule has 0 aliphatic carbocycles. The second-order valence-corrected chi connectivity index (χ2v) is 8.93. The first kappa shape index (κ1) is 19.3. The molecule has 0 aliphatic rings. The molecule has 4 aromatic rings. The van der Waals surface area contributed by atoms with E-state index < -0.39 is 0 Å². The first-order valence-corrected chi connectivity index (χ1v) is 11.0. The lowest BCUT2D eigenvalue weighted by Crippen LogP contribution is -2.27. The third-order valence-electron chi connectivity index (χ3n) is 3.86. The van der Waals surface area contributed by atoms with Gasteiger partial charge in [0.2, 0.25) is 11.0 Å². The van der Waals surface area contributed by atoms with Gasteiger partial charge < -0.3 is 0 Å². The number of aromatic nitrogens is 4. The van der Waals surface area contributed by atoms with Gasteiger partial charge in [-0.2, -0.15) is 5.26 Å². The summed E-state index contributed by atoms with van der Waals surface area (Å²) >= 11 is 4.13. The van der Waals surface area contributed by atoms with Crippen molar-refractivity contribution in [1.82, 2.24) is 19.7 Å². The van der Waals surface area contributed by atoms with Crippen molar-refractivity contribution in [3.63, 3.8) is 0 Å². The van der Waals surface area contributed by atoms with Crippen LogP contribution in [-0.2, 0) is 17.1 Å². The summed E-state index contributed by atoms with van der Waals surface area (Å²) in [5.74, 6) is 0.305. The molecule has 3 heterocycles. The van der Waals surface area contributed by atoms with Crippen molar-refractivity contribution in [2.24, 2.45) is 0 Å². The molecule has 0 saturated carbocycles. The molecule has 0 radical (unpaired) electrons. The fourth-order valence-electron chi connectivity index (χ4n) is 2.46. The topological polar surface area (TPSA) is 114 Å². The van der Waals surface area contributed by atoms with E-state index in [1.54, 1.807) is 23.6 Å². The SMILES string of the molecule is N#Cc1ccc(CSc2nnc(NC(=O)Cn3cnc4sccc4c3=O)s2)cc1. The fourth-order valence-corrected chi connectivity index (χ4v) is 4.91. The molecule has 1 aromatic carbocycles. The summed E-state index contributed by atoms with van der Waals surface area (Å²) in [5, 5.41) is 22.2. The smallest absolute Gasteiger partial charge is 0.262 e. The Hall–Kier alpha value is -3.07. The largest absolute Gasteiger partial charge is 0.299 e. The molecule has 0 atom stereocenters.